The number of nitrogens with two attached hydrogens (primary N) is 1. The van der Waals surface area contributed by atoms with Gasteiger partial charge < -0.3 is 16.0 Å². The molecule has 1 spiro atoms. The molecule has 1 fully saturated rings. The van der Waals surface area contributed by atoms with Crippen LogP contribution in [-0.2, 0) is 18.1 Å². The molecule has 10 heteroatoms. The Morgan fingerprint density at radius 3 is 2.65 bits per heavy atom. The highest BCUT2D eigenvalue weighted by atomic mass is 19.4. The molecule has 178 valence electrons. The van der Waals surface area contributed by atoms with Crippen LogP contribution in [-0.4, -0.2) is 38.8 Å². The van der Waals surface area contributed by atoms with Gasteiger partial charge in [-0.05, 0) is 30.5 Å². The lowest BCUT2D eigenvalue weighted by Gasteiger charge is -2.47. The fraction of sp³-hybridized carbons (Fsp3) is 0.375. The Bertz CT molecular complexity index is 1220. The zero-order valence-corrected chi connectivity index (χ0v) is 18.6. The molecule has 5 rings (SSSR count). The van der Waals surface area contributed by atoms with Crippen molar-refractivity contribution in [1.82, 2.24) is 25.0 Å². The van der Waals surface area contributed by atoms with Crippen LogP contribution in [0.2, 0.25) is 0 Å². The fourth-order valence-corrected chi connectivity index (χ4v) is 4.94. The van der Waals surface area contributed by atoms with Crippen molar-refractivity contribution in [3.8, 4) is 11.3 Å². The molecule has 0 saturated carbocycles. The van der Waals surface area contributed by atoms with Crippen molar-refractivity contribution in [2.45, 2.75) is 43.9 Å². The third-order valence-corrected chi connectivity index (χ3v) is 6.83. The summed E-state index contributed by atoms with van der Waals surface area (Å²) in [5.74, 6) is -0.555. The predicted molar refractivity (Wildman–Crippen MR) is 121 cm³/mol. The molecule has 0 bridgehead atoms. The van der Waals surface area contributed by atoms with Crippen molar-refractivity contribution in [3.63, 3.8) is 0 Å². The number of pyridine rings is 1. The van der Waals surface area contributed by atoms with E-state index in [4.69, 9.17) is 5.73 Å². The van der Waals surface area contributed by atoms with Crippen LogP contribution in [0.25, 0.3) is 11.3 Å². The number of hydrogen-bond donors (Lipinski definition) is 2. The summed E-state index contributed by atoms with van der Waals surface area (Å²) in [6.07, 6.45) is -1.66. The lowest BCUT2D eigenvalue weighted by molar-refractivity contribution is -0.137. The molecule has 2 aliphatic rings. The summed E-state index contributed by atoms with van der Waals surface area (Å²) in [4.78, 5) is 18.4. The first kappa shape index (κ1) is 22.2. The highest BCUT2D eigenvalue weighted by molar-refractivity contribution is 5.76. The third-order valence-electron chi connectivity index (χ3n) is 6.83. The van der Waals surface area contributed by atoms with E-state index in [9.17, 15) is 18.0 Å². The summed E-state index contributed by atoms with van der Waals surface area (Å²) in [7, 11) is 0. The van der Waals surface area contributed by atoms with E-state index >= 15 is 0 Å². The fourth-order valence-electron chi connectivity index (χ4n) is 4.94. The molecular weight excluding hydrogens is 445 g/mol. The highest BCUT2D eigenvalue weighted by Crippen LogP contribution is 2.44. The van der Waals surface area contributed by atoms with E-state index in [0.29, 0.717) is 25.3 Å². The Balaban J connectivity index is 1.31. The van der Waals surface area contributed by atoms with Crippen LogP contribution in [0.1, 0.15) is 42.6 Å². The van der Waals surface area contributed by atoms with Crippen molar-refractivity contribution < 1.29 is 18.0 Å². The van der Waals surface area contributed by atoms with Crippen molar-refractivity contribution in [1.29, 1.82) is 0 Å². The van der Waals surface area contributed by atoms with Gasteiger partial charge in [0.15, 0.2) is 0 Å². The molecule has 3 N–H and O–H groups in total. The average Bonchev–Trinajstić information content (AvgIpc) is 3.36. The smallest absolute Gasteiger partial charge is 0.383 e. The number of fused-ring (bicyclic) bond motifs is 2. The minimum absolute atomic E-state index is 0.0631. The van der Waals surface area contributed by atoms with Crippen molar-refractivity contribution in [2.75, 3.05) is 18.8 Å². The largest absolute Gasteiger partial charge is 0.419 e. The minimum atomic E-state index is -4.59. The quantitative estimate of drug-likeness (QED) is 0.593. The molecule has 3 aromatic rings. The number of halogens is 3. The summed E-state index contributed by atoms with van der Waals surface area (Å²) in [6.45, 7) is 3.77. The van der Waals surface area contributed by atoms with Crippen molar-refractivity contribution in [2.24, 2.45) is 0 Å². The van der Waals surface area contributed by atoms with Gasteiger partial charge in [0.2, 0.25) is 0 Å². The number of rotatable bonds is 4. The molecule has 34 heavy (non-hydrogen) atoms. The molecular formula is C24H25F3N6O. The molecule has 1 aromatic carbocycles. The zero-order valence-electron chi connectivity index (χ0n) is 18.6. The summed E-state index contributed by atoms with van der Waals surface area (Å²) >= 11 is 0. The molecule has 2 aromatic heterocycles. The number of nitrogens with zero attached hydrogens (tertiary/aromatic N) is 4. The van der Waals surface area contributed by atoms with E-state index in [0.717, 1.165) is 30.2 Å². The van der Waals surface area contributed by atoms with Crippen molar-refractivity contribution >= 4 is 11.8 Å². The van der Waals surface area contributed by atoms with Gasteiger partial charge in [-0.1, -0.05) is 37.3 Å². The number of amides is 2. The molecule has 2 amide bonds. The number of hydrogen-bond acceptors (Lipinski definition) is 4. The summed E-state index contributed by atoms with van der Waals surface area (Å²) < 4.78 is 41.6. The maximum atomic E-state index is 13.2. The van der Waals surface area contributed by atoms with Crippen LogP contribution in [0.4, 0.5) is 23.8 Å². The zero-order chi connectivity index (χ0) is 24.1. The van der Waals surface area contributed by atoms with Crippen LogP contribution in [0.15, 0.2) is 48.7 Å². The topological polar surface area (TPSA) is 89.1 Å². The Morgan fingerprint density at radius 1 is 1.24 bits per heavy atom. The predicted octanol–water partition coefficient (Wildman–Crippen LogP) is 4.36. The number of nitrogens with one attached hydrogen (secondary N) is 1. The van der Waals surface area contributed by atoms with Gasteiger partial charge in [-0.15, -0.1) is 0 Å². The second-order valence-corrected chi connectivity index (χ2v) is 9.00. The third kappa shape index (κ3) is 3.76. The second-order valence-electron chi connectivity index (χ2n) is 9.00. The lowest BCUT2D eigenvalue weighted by Crippen LogP contribution is -2.62. The van der Waals surface area contributed by atoms with E-state index in [-0.39, 0.29) is 23.1 Å². The maximum absolute atomic E-state index is 13.2. The van der Waals surface area contributed by atoms with Gasteiger partial charge in [0.1, 0.15) is 5.82 Å². The van der Waals surface area contributed by atoms with Gasteiger partial charge in [0, 0.05) is 42.5 Å². The van der Waals surface area contributed by atoms with Gasteiger partial charge >= 0.3 is 12.2 Å². The highest BCUT2D eigenvalue weighted by Gasteiger charge is 2.51. The number of aryl methyl sites for hydroxylation is 1. The molecule has 0 aliphatic carbocycles. The lowest BCUT2D eigenvalue weighted by atomic mass is 9.76. The Morgan fingerprint density at radius 2 is 1.97 bits per heavy atom. The molecule has 2 aliphatic heterocycles. The van der Waals surface area contributed by atoms with Gasteiger partial charge in [-0.25, -0.2) is 9.78 Å². The Kier molecular flexibility index (Phi) is 5.26. The van der Waals surface area contributed by atoms with Gasteiger partial charge in [-0.2, -0.15) is 18.3 Å². The number of likely N-dealkylation sites (tertiary alicyclic amines) is 1. The van der Waals surface area contributed by atoms with Crippen molar-refractivity contribution in [3.05, 3.63) is 65.5 Å². The maximum Gasteiger partial charge on any atom is 0.419 e. The van der Waals surface area contributed by atoms with E-state index < -0.39 is 17.6 Å². The summed E-state index contributed by atoms with van der Waals surface area (Å²) in [6, 6.07) is 12.5. The van der Waals surface area contributed by atoms with E-state index in [1.807, 2.05) is 48.0 Å². The average molecular weight is 470 g/mol. The van der Waals surface area contributed by atoms with Crippen LogP contribution in [0.5, 0.6) is 0 Å². The first-order chi connectivity index (χ1) is 16.2. The Labute approximate surface area is 194 Å². The normalized spacial score (nSPS) is 17.4. The number of nitrogen functional groups attached to an aromatic ring is 1. The number of carbonyl (C=O) groups excluding carboxylic acids is 1. The molecule has 7 nitrogen and oxygen atoms in total. The van der Waals surface area contributed by atoms with Crippen LogP contribution < -0.4 is 11.1 Å². The molecule has 1 atom stereocenters. The standard InChI is InChI=1S/C24H25F3N6O/c1-2-18(15-6-4-3-5-7-15)30-22(34)32-13-23(14-32)8-9-33-20(23)11-19(31-33)16-10-17(24(25,26)27)21(28)29-12-16/h3-7,10-12,18H,2,8-9,13-14H2,1H3,(H2,28,29)(H,30,34). The molecule has 1 unspecified atom stereocenters. The minimum Gasteiger partial charge on any atom is -0.383 e. The first-order valence-electron chi connectivity index (χ1n) is 11.2. The van der Waals surface area contributed by atoms with Gasteiger partial charge in [0.05, 0.1) is 17.3 Å². The summed E-state index contributed by atoms with van der Waals surface area (Å²) in [5, 5.41) is 7.62. The molecule has 1 saturated heterocycles. The molecule has 4 heterocycles. The number of alkyl halides is 3. The molecule has 0 radical (unpaired) electrons. The SMILES string of the molecule is CCC(NC(=O)N1CC2(CCn3nc(-c4cnc(N)c(C(F)(F)F)c4)cc32)C1)c1ccccc1. The second kappa shape index (κ2) is 8.03. The van der Waals surface area contributed by atoms with Crippen LogP contribution >= 0.6 is 0 Å². The number of anilines is 1. The van der Waals surface area contributed by atoms with Crippen LogP contribution in [0, 0.1) is 0 Å². The number of benzene rings is 1. The summed E-state index contributed by atoms with van der Waals surface area (Å²) in [5.41, 5.74) is 6.91. The monoisotopic (exact) mass is 470 g/mol. The van der Waals surface area contributed by atoms with E-state index in [1.165, 1.54) is 6.20 Å². The number of urea groups is 1. The van der Waals surface area contributed by atoms with E-state index in [2.05, 4.69) is 15.4 Å². The van der Waals surface area contributed by atoms with Gasteiger partial charge in [-0.3, -0.25) is 4.68 Å². The van der Waals surface area contributed by atoms with Gasteiger partial charge in [0.25, 0.3) is 0 Å². The Hall–Kier alpha value is -3.56. The number of aromatic nitrogens is 3. The van der Waals surface area contributed by atoms with Crippen LogP contribution in [0.3, 0.4) is 0 Å². The number of carbonyl (C=O) groups is 1. The first-order valence-corrected chi connectivity index (χ1v) is 11.2. The van der Waals surface area contributed by atoms with E-state index in [1.54, 1.807) is 4.90 Å².